The van der Waals surface area contributed by atoms with Crippen LogP contribution in [0.5, 0.6) is 0 Å². The van der Waals surface area contributed by atoms with Crippen molar-refractivity contribution < 1.29 is 22.8 Å². The van der Waals surface area contributed by atoms with E-state index >= 15 is 0 Å². The molecule has 1 saturated heterocycles. The molecule has 37 heavy (non-hydrogen) atoms. The van der Waals surface area contributed by atoms with Crippen LogP contribution in [0.2, 0.25) is 5.32 Å². The standard InChI is InChI=1S/C27H30N2O6SSe/c30-29(31)24-15-7-8-16-26(24)36(32,33)28-23(19-21-11-3-1-4-12-21)25(35-27-17-9-10-18-34-27)20-37-22-13-5-2-6-14-22/h1-8,11-16,23,25,27-28H,9-10,17-20H2/t23-,25+,27+/m0/s1. The molecule has 1 aliphatic heterocycles. The summed E-state index contributed by atoms with van der Waals surface area (Å²) in [7, 11) is -4.23. The summed E-state index contributed by atoms with van der Waals surface area (Å²) in [6.45, 7) is 0.604. The molecule has 1 fully saturated rings. The molecule has 3 aromatic rings. The molecule has 0 unspecified atom stereocenters. The van der Waals surface area contributed by atoms with Gasteiger partial charge in [0.1, 0.15) is 0 Å². The number of hydrogen-bond acceptors (Lipinski definition) is 6. The monoisotopic (exact) mass is 590 g/mol. The number of rotatable bonds is 12. The third-order valence-electron chi connectivity index (χ3n) is 6.03. The van der Waals surface area contributed by atoms with Crippen molar-refractivity contribution in [2.24, 2.45) is 0 Å². The molecule has 0 aliphatic carbocycles. The van der Waals surface area contributed by atoms with Crippen LogP contribution in [0, 0.1) is 10.1 Å². The summed E-state index contributed by atoms with van der Waals surface area (Å²) < 4.78 is 43.3. The van der Waals surface area contributed by atoms with Crippen molar-refractivity contribution in [3.8, 4) is 0 Å². The van der Waals surface area contributed by atoms with Crippen LogP contribution in [0.4, 0.5) is 5.69 Å². The Morgan fingerprint density at radius 3 is 2.35 bits per heavy atom. The molecule has 0 aromatic heterocycles. The summed E-state index contributed by atoms with van der Waals surface area (Å²) in [6, 6.07) is 24.3. The van der Waals surface area contributed by atoms with Crippen LogP contribution in [-0.4, -0.2) is 53.3 Å². The van der Waals surface area contributed by atoms with Gasteiger partial charge in [0.2, 0.25) is 0 Å². The van der Waals surface area contributed by atoms with Crippen molar-refractivity contribution in [3.05, 3.63) is 101 Å². The topological polar surface area (TPSA) is 108 Å². The zero-order valence-electron chi connectivity index (χ0n) is 20.3. The van der Waals surface area contributed by atoms with E-state index in [0.29, 0.717) is 18.3 Å². The van der Waals surface area contributed by atoms with E-state index in [1.165, 1.54) is 28.7 Å². The Kier molecular flexibility index (Phi) is 9.85. The Labute approximate surface area is 223 Å². The second-order valence-electron chi connectivity index (χ2n) is 8.74. The molecule has 0 amide bonds. The van der Waals surface area contributed by atoms with Gasteiger partial charge in [-0.05, 0) is 0 Å². The van der Waals surface area contributed by atoms with Crippen molar-refractivity contribution in [3.63, 3.8) is 0 Å². The van der Waals surface area contributed by atoms with Crippen LogP contribution in [0.25, 0.3) is 0 Å². The van der Waals surface area contributed by atoms with Crippen molar-refractivity contribution in [1.29, 1.82) is 0 Å². The Hall–Kier alpha value is -2.59. The number of nitro groups is 1. The van der Waals surface area contributed by atoms with Crippen LogP contribution in [0.3, 0.4) is 0 Å². The predicted molar refractivity (Wildman–Crippen MR) is 142 cm³/mol. The van der Waals surface area contributed by atoms with Gasteiger partial charge in [0.25, 0.3) is 0 Å². The van der Waals surface area contributed by atoms with Crippen LogP contribution in [-0.2, 0) is 25.9 Å². The van der Waals surface area contributed by atoms with Crippen molar-refractivity contribution in [1.82, 2.24) is 4.72 Å². The first-order valence-electron chi connectivity index (χ1n) is 12.2. The van der Waals surface area contributed by atoms with E-state index in [9.17, 15) is 18.5 Å². The Bertz CT molecular complexity index is 1250. The number of nitrogens with one attached hydrogen (secondary N) is 1. The average Bonchev–Trinajstić information content (AvgIpc) is 2.92. The fourth-order valence-corrected chi connectivity index (χ4v) is 7.74. The molecule has 0 spiro atoms. The van der Waals surface area contributed by atoms with Gasteiger partial charge in [0.15, 0.2) is 0 Å². The minimum atomic E-state index is -4.23. The maximum atomic E-state index is 13.5. The SMILES string of the molecule is O=[N+]([O-])c1ccccc1S(=O)(=O)N[C@@H](Cc1ccccc1)[C@@H](C[Se]c1ccccc1)O[C@@H]1CCCCO1. The zero-order chi connectivity index (χ0) is 26.1. The minimum absolute atomic E-state index is 0.0136. The third-order valence-corrected chi connectivity index (χ3v) is 9.87. The van der Waals surface area contributed by atoms with Gasteiger partial charge < -0.3 is 0 Å². The number of hydrogen-bond donors (Lipinski definition) is 1. The molecule has 196 valence electrons. The van der Waals surface area contributed by atoms with Crippen LogP contribution < -0.4 is 9.18 Å². The Morgan fingerprint density at radius 1 is 1.00 bits per heavy atom. The first kappa shape index (κ1) is 27.4. The van der Waals surface area contributed by atoms with Crippen LogP contribution >= 0.6 is 0 Å². The second-order valence-corrected chi connectivity index (χ2v) is 12.7. The molecule has 0 saturated carbocycles. The number of ether oxygens (including phenoxy) is 2. The van der Waals surface area contributed by atoms with E-state index < -0.39 is 39.1 Å². The van der Waals surface area contributed by atoms with E-state index in [4.69, 9.17) is 9.47 Å². The van der Waals surface area contributed by atoms with Gasteiger partial charge in [0, 0.05) is 0 Å². The van der Waals surface area contributed by atoms with Crippen molar-refractivity contribution in [2.45, 2.75) is 54.3 Å². The molecule has 1 aliphatic rings. The van der Waals surface area contributed by atoms with E-state index in [1.54, 1.807) is 0 Å². The van der Waals surface area contributed by atoms with Gasteiger partial charge >= 0.3 is 224 Å². The van der Waals surface area contributed by atoms with Gasteiger partial charge in [-0.1, -0.05) is 0 Å². The molecule has 8 nitrogen and oxygen atoms in total. The quantitative estimate of drug-likeness (QED) is 0.196. The zero-order valence-corrected chi connectivity index (χ0v) is 22.8. The first-order chi connectivity index (χ1) is 17.9. The van der Waals surface area contributed by atoms with E-state index in [0.717, 1.165) is 24.8 Å². The molecule has 4 rings (SSSR count). The van der Waals surface area contributed by atoms with Gasteiger partial charge in [-0.15, -0.1) is 0 Å². The molecule has 1 N–H and O–H groups in total. The fraction of sp³-hybridized carbons (Fsp3) is 0.333. The molecular weight excluding hydrogens is 559 g/mol. The summed E-state index contributed by atoms with van der Waals surface area (Å²) in [6.07, 6.45) is 2.13. The summed E-state index contributed by atoms with van der Waals surface area (Å²) >= 11 is 0.0136. The molecule has 3 atom stereocenters. The maximum absolute atomic E-state index is 13.5. The molecule has 0 radical (unpaired) electrons. The fourth-order valence-electron chi connectivity index (χ4n) is 4.17. The van der Waals surface area contributed by atoms with Gasteiger partial charge in [-0.3, -0.25) is 0 Å². The summed E-state index contributed by atoms with van der Waals surface area (Å²) in [5.41, 5.74) is 0.471. The van der Waals surface area contributed by atoms with Crippen LogP contribution in [0.1, 0.15) is 24.8 Å². The van der Waals surface area contributed by atoms with Gasteiger partial charge in [-0.25, -0.2) is 0 Å². The number of sulfonamides is 1. The van der Waals surface area contributed by atoms with E-state index in [2.05, 4.69) is 16.9 Å². The molecule has 1 heterocycles. The van der Waals surface area contributed by atoms with Crippen molar-refractivity contribution >= 4 is 35.1 Å². The average molecular weight is 590 g/mol. The Morgan fingerprint density at radius 2 is 1.68 bits per heavy atom. The van der Waals surface area contributed by atoms with E-state index in [1.807, 2.05) is 48.5 Å². The van der Waals surface area contributed by atoms with Gasteiger partial charge in [-0.2, -0.15) is 0 Å². The third kappa shape index (κ3) is 7.94. The Balaban J connectivity index is 1.66. The van der Waals surface area contributed by atoms with Crippen molar-refractivity contribution in [2.75, 3.05) is 6.61 Å². The predicted octanol–water partition coefficient (Wildman–Crippen LogP) is 3.84. The normalized spacial score (nSPS) is 17.7. The first-order valence-corrected chi connectivity index (χ1v) is 15.7. The molecular formula is C27H30N2O6SSe. The summed E-state index contributed by atoms with van der Waals surface area (Å²) in [4.78, 5) is 10.5. The summed E-state index contributed by atoms with van der Waals surface area (Å²) in [5, 5.41) is 12.2. The van der Waals surface area contributed by atoms with Gasteiger partial charge in [0.05, 0.1) is 0 Å². The molecule has 10 heteroatoms. The summed E-state index contributed by atoms with van der Waals surface area (Å²) in [5.74, 6) is 0. The number of nitrogens with zero attached hydrogens (tertiary/aromatic N) is 1. The number of nitro benzene ring substituents is 1. The van der Waals surface area contributed by atoms with Crippen LogP contribution in [0.15, 0.2) is 89.8 Å². The number of benzene rings is 3. The molecule has 0 bridgehead atoms. The molecule has 3 aromatic carbocycles. The van der Waals surface area contributed by atoms with E-state index in [-0.39, 0.29) is 19.9 Å². The number of para-hydroxylation sites is 1. The second kappa shape index (κ2) is 13.3.